The summed E-state index contributed by atoms with van der Waals surface area (Å²) in [5.74, 6) is 2.83. The van der Waals surface area contributed by atoms with Gasteiger partial charge in [0.1, 0.15) is 0 Å². The average Bonchev–Trinajstić information content (AvgIpc) is 2.44. The van der Waals surface area contributed by atoms with Crippen LogP contribution >= 0.6 is 11.8 Å². The predicted molar refractivity (Wildman–Crippen MR) is 80.5 cm³/mol. The van der Waals surface area contributed by atoms with Gasteiger partial charge >= 0.3 is 0 Å². The SMILES string of the molecule is O=S1CCCSC12CCC(c1ccccc1)CC2. The van der Waals surface area contributed by atoms with E-state index in [4.69, 9.17) is 0 Å². The molecular weight excluding hydrogens is 260 g/mol. The molecule has 98 valence electrons. The van der Waals surface area contributed by atoms with Gasteiger partial charge in [-0.2, -0.15) is 0 Å². The van der Waals surface area contributed by atoms with Crippen molar-refractivity contribution in [3.05, 3.63) is 35.9 Å². The van der Waals surface area contributed by atoms with E-state index in [2.05, 4.69) is 30.3 Å². The van der Waals surface area contributed by atoms with Crippen molar-refractivity contribution in [2.24, 2.45) is 0 Å². The third-order valence-corrected chi connectivity index (χ3v) is 8.51. The monoisotopic (exact) mass is 280 g/mol. The largest absolute Gasteiger partial charge is 0.258 e. The van der Waals surface area contributed by atoms with Gasteiger partial charge < -0.3 is 0 Å². The van der Waals surface area contributed by atoms with Crippen molar-refractivity contribution in [3.8, 4) is 0 Å². The first-order valence-corrected chi connectivity index (χ1v) is 9.18. The van der Waals surface area contributed by atoms with Crippen LogP contribution in [0.1, 0.15) is 43.6 Å². The highest BCUT2D eigenvalue weighted by molar-refractivity contribution is 8.13. The van der Waals surface area contributed by atoms with Crippen molar-refractivity contribution in [2.45, 2.75) is 42.1 Å². The molecule has 1 atom stereocenters. The third kappa shape index (κ3) is 2.39. The van der Waals surface area contributed by atoms with Crippen molar-refractivity contribution in [1.29, 1.82) is 0 Å². The molecule has 2 aliphatic rings. The molecule has 0 amide bonds. The Hall–Kier alpha value is -0.280. The summed E-state index contributed by atoms with van der Waals surface area (Å²) in [5.41, 5.74) is 1.47. The molecular formula is C15H20OS2. The summed E-state index contributed by atoms with van der Waals surface area (Å²) < 4.78 is 12.4. The summed E-state index contributed by atoms with van der Waals surface area (Å²) in [4.78, 5) is 0. The predicted octanol–water partition coefficient (Wildman–Crippen LogP) is 3.93. The summed E-state index contributed by atoms with van der Waals surface area (Å²) in [5, 5.41) is 0. The maximum absolute atomic E-state index is 12.3. The molecule has 1 unspecified atom stereocenters. The van der Waals surface area contributed by atoms with E-state index < -0.39 is 10.8 Å². The number of hydrogen-bond donors (Lipinski definition) is 0. The lowest BCUT2D eigenvalue weighted by Gasteiger charge is -2.41. The van der Waals surface area contributed by atoms with Crippen LogP contribution in [0, 0.1) is 0 Å². The Morgan fingerprint density at radius 3 is 2.56 bits per heavy atom. The molecule has 1 saturated carbocycles. The van der Waals surface area contributed by atoms with Crippen LogP contribution in [0.3, 0.4) is 0 Å². The highest BCUT2D eigenvalue weighted by atomic mass is 32.2. The molecule has 18 heavy (non-hydrogen) atoms. The zero-order valence-electron chi connectivity index (χ0n) is 10.6. The Bertz CT molecular complexity index is 421. The zero-order chi connectivity index (χ0) is 12.4. The molecule has 0 bridgehead atoms. The molecule has 3 heteroatoms. The molecule has 0 aromatic heterocycles. The maximum Gasteiger partial charge on any atom is 0.0909 e. The lowest BCUT2D eigenvalue weighted by Crippen LogP contribution is -2.39. The number of thioether (sulfide) groups is 1. The average molecular weight is 280 g/mol. The molecule has 1 nitrogen and oxygen atoms in total. The Kier molecular flexibility index (Phi) is 3.81. The second-order valence-electron chi connectivity index (χ2n) is 5.35. The first-order valence-electron chi connectivity index (χ1n) is 6.88. The van der Waals surface area contributed by atoms with E-state index in [0.717, 1.165) is 25.0 Å². The molecule has 0 N–H and O–H groups in total. The van der Waals surface area contributed by atoms with Gasteiger partial charge in [-0.05, 0) is 49.3 Å². The van der Waals surface area contributed by atoms with Gasteiger partial charge in [0.15, 0.2) is 0 Å². The second-order valence-corrected chi connectivity index (χ2v) is 8.96. The Labute approximate surface area is 116 Å². The summed E-state index contributed by atoms with van der Waals surface area (Å²) in [6.45, 7) is 0. The van der Waals surface area contributed by atoms with Crippen LogP contribution in [0.2, 0.25) is 0 Å². The van der Waals surface area contributed by atoms with Gasteiger partial charge in [-0.15, -0.1) is 11.8 Å². The topological polar surface area (TPSA) is 17.1 Å². The molecule has 2 fully saturated rings. The van der Waals surface area contributed by atoms with Crippen LogP contribution in [-0.2, 0) is 10.8 Å². The van der Waals surface area contributed by atoms with Crippen LogP contribution in [0.5, 0.6) is 0 Å². The van der Waals surface area contributed by atoms with Crippen LogP contribution in [0.25, 0.3) is 0 Å². The van der Waals surface area contributed by atoms with Crippen LogP contribution in [0.4, 0.5) is 0 Å². The number of rotatable bonds is 1. The third-order valence-electron chi connectivity index (χ3n) is 4.27. The smallest absolute Gasteiger partial charge is 0.0909 e. The van der Waals surface area contributed by atoms with E-state index in [0.29, 0.717) is 5.92 Å². The molecule has 1 aliphatic heterocycles. The second kappa shape index (κ2) is 5.38. The fraction of sp³-hybridized carbons (Fsp3) is 0.600. The molecule has 0 radical (unpaired) electrons. The molecule has 1 heterocycles. The molecule has 3 rings (SSSR count). The highest BCUT2D eigenvalue weighted by Crippen LogP contribution is 2.49. The molecule has 1 aromatic rings. The fourth-order valence-corrected chi connectivity index (χ4v) is 7.05. The Balaban J connectivity index is 1.69. The number of hydrogen-bond acceptors (Lipinski definition) is 2. The van der Waals surface area contributed by atoms with Gasteiger partial charge in [0.2, 0.25) is 0 Å². The summed E-state index contributed by atoms with van der Waals surface area (Å²) in [7, 11) is -0.594. The van der Waals surface area contributed by atoms with Gasteiger partial charge in [-0.1, -0.05) is 30.3 Å². The first-order chi connectivity index (χ1) is 8.80. The fourth-order valence-electron chi connectivity index (χ4n) is 3.19. The van der Waals surface area contributed by atoms with E-state index in [1.165, 1.54) is 24.2 Å². The maximum atomic E-state index is 12.3. The quantitative estimate of drug-likeness (QED) is 0.775. The molecule has 1 spiro atoms. The van der Waals surface area contributed by atoms with Crippen molar-refractivity contribution in [3.63, 3.8) is 0 Å². The van der Waals surface area contributed by atoms with Gasteiger partial charge in [0.25, 0.3) is 0 Å². The molecule has 1 aliphatic carbocycles. The van der Waals surface area contributed by atoms with Gasteiger partial charge in [-0.3, -0.25) is 4.21 Å². The summed E-state index contributed by atoms with van der Waals surface area (Å²) >= 11 is 1.99. The van der Waals surface area contributed by atoms with E-state index in [1.807, 2.05) is 11.8 Å². The lowest BCUT2D eigenvalue weighted by atomic mass is 9.83. The lowest BCUT2D eigenvalue weighted by molar-refractivity contribution is 0.424. The zero-order valence-corrected chi connectivity index (χ0v) is 12.3. The van der Waals surface area contributed by atoms with Crippen molar-refractivity contribution >= 4 is 22.6 Å². The number of benzene rings is 1. The normalized spacial score (nSPS) is 36.7. The van der Waals surface area contributed by atoms with Crippen molar-refractivity contribution < 1.29 is 4.21 Å². The van der Waals surface area contributed by atoms with Crippen LogP contribution < -0.4 is 0 Å². The van der Waals surface area contributed by atoms with Crippen molar-refractivity contribution in [2.75, 3.05) is 11.5 Å². The Morgan fingerprint density at radius 2 is 1.89 bits per heavy atom. The highest BCUT2D eigenvalue weighted by Gasteiger charge is 2.42. The standard InChI is InChI=1S/C15H20OS2/c16-18-12-4-11-17-15(18)9-7-14(8-10-15)13-5-2-1-3-6-13/h1-3,5-6,14H,4,7-12H2. The van der Waals surface area contributed by atoms with Crippen LogP contribution in [0.15, 0.2) is 30.3 Å². The molecule has 1 saturated heterocycles. The minimum atomic E-state index is -0.594. The van der Waals surface area contributed by atoms with Gasteiger partial charge in [0.05, 0.1) is 4.08 Å². The Morgan fingerprint density at radius 1 is 1.17 bits per heavy atom. The summed E-state index contributed by atoms with van der Waals surface area (Å²) in [6, 6.07) is 10.8. The van der Waals surface area contributed by atoms with Crippen molar-refractivity contribution in [1.82, 2.24) is 0 Å². The van der Waals surface area contributed by atoms with Gasteiger partial charge in [-0.25, -0.2) is 0 Å². The minimum absolute atomic E-state index is 0.115. The molecule has 1 aromatic carbocycles. The van der Waals surface area contributed by atoms with E-state index in [9.17, 15) is 4.21 Å². The van der Waals surface area contributed by atoms with E-state index in [1.54, 1.807) is 0 Å². The van der Waals surface area contributed by atoms with Gasteiger partial charge in [0, 0.05) is 16.6 Å². The minimum Gasteiger partial charge on any atom is -0.258 e. The van der Waals surface area contributed by atoms with E-state index >= 15 is 0 Å². The van der Waals surface area contributed by atoms with Crippen LogP contribution in [-0.4, -0.2) is 19.8 Å². The van der Waals surface area contributed by atoms with E-state index in [-0.39, 0.29) is 4.08 Å². The summed E-state index contributed by atoms with van der Waals surface area (Å²) in [6.07, 6.45) is 5.85. The first kappa shape index (κ1) is 12.7.